The number of hydrogen-bond donors (Lipinski definition) is 2. The first-order valence-electron chi connectivity index (χ1n) is 6.03. The van der Waals surface area contributed by atoms with Crippen molar-refractivity contribution >= 4 is 5.82 Å². The van der Waals surface area contributed by atoms with Crippen LogP contribution in [-0.2, 0) is 7.05 Å². The number of aromatic hydroxyl groups is 1. The molecular formula is C14H19N3O. The minimum Gasteiger partial charge on any atom is -0.507 e. The summed E-state index contributed by atoms with van der Waals surface area (Å²) in [6.45, 7) is 6.08. The van der Waals surface area contributed by atoms with E-state index in [1.54, 1.807) is 17.9 Å². The molecule has 3 N–H and O–H groups in total. The molecule has 0 aliphatic heterocycles. The number of benzene rings is 1. The molecule has 0 radical (unpaired) electrons. The van der Waals surface area contributed by atoms with Crippen molar-refractivity contribution < 1.29 is 5.11 Å². The van der Waals surface area contributed by atoms with Crippen LogP contribution >= 0.6 is 0 Å². The average molecular weight is 245 g/mol. The summed E-state index contributed by atoms with van der Waals surface area (Å²) >= 11 is 0. The van der Waals surface area contributed by atoms with Crippen LogP contribution in [0.5, 0.6) is 5.75 Å². The van der Waals surface area contributed by atoms with E-state index in [1.165, 1.54) is 0 Å². The molecule has 18 heavy (non-hydrogen) atoms. The number of aromatic nitrogens is 2. The standard InChI is InChI=1S/C14H19N3O/c1-8(2)10-6-5-9(3)12(13(10)18)11-7-16-17(4)14(11)15/h5-8,18H,15H2,1-4H3. The van der Waals surface area contributed by atoms with Gasteiger partial charge in [-0.1, -0.05) is 26.0 Å². The van der Waals surface area contributed by atoms with E-state index in [4.69, 9.17) is 5.73 Å². The third-order valence-electron chi connectivity index (χ3n) is 3.29. The van der Waals surface area contributed by atoms with Crippen molar-refractivity contribution in [1.82, 2.24) is 9.78 Å². The number of nitrogens with two attached hydrogens (primary N) is 1. The number of phenolic OH excluding ortho intramolecular Hbond substituents is 1. The van der Waals surface area contributed by atoms with E-state index >= 15 is 0 Å². The second kappa shape index (κ2) is 4.37. The van der Waals surface area contributed by atoms with Crippen molar-refractivity contribution in [2.75, 3.05) is 5.73 Å². The second-order valence-corrected chi connectivity index (χ2v) is 4.92. The van der Waals surface area contributed by atoms with Gasteiger partial charge in [-0.3, -0.25) is 4.68 Å². The van der Waals surface area contributed by atoms with Crippen LogP contribution in [0.25, 0.3) is 11.1 Å². The Morgan fingerprint density at radius 3 is 2.50 bits per heavy atom. The molecule has 1 aromatic heterocycles. The molecule has 0 spiro atoms. The predicted molar refractivity (Wildman–Crippen MR) is 73.5 cm³/mol. The van der Waals surface area contributed by atoms with Crippen molar-refractivity contribution in [2.45, 2.75) is 26.7 Å². The van der Waals surface area contributed by atoms with Crippen LogP contribution < -0.4 is 5.73 Å². The molecule has 96 valence electrons. The number of aryl methyl sites for hydroxylation is 2. The monoisotopic (exact) mass is 245 g/mol. The SMILES string of the molecule is Cc1ccc(C(C)C)c(O)c1-c1cnn(C)c1N. The molecule has 4 heteroatoms. The van der Waals surface area contributed by atoms with E-state index in [2.05, 4.69) is 18.9 Å². The predicted octanol–water partition coefficient (Wildman–Crippen LogP) is 2.81. The molecule has 0 saturated heterocycles. The summed E-state index contributed by atoms with van der Waals surface area (Å²) in [6, 6.07) is 3.97. The normalized spacial score (nSPS) is 11.2. The van der Waals surface area contributed by atoms with E-state index in [9.17, 15) is 5.11 Å². The first-order valence-corrected chi connectivity index (χ1v) is 6.03. The third kappa shape index (κ3) is 1.83. The van der Waals surface area contributed by atoms with Crippen molar-refractivity contribution in [3.63, 3.8) is 0 Å². The summed E-state index contributed by atoms with van der Waals surface area (Å²) in [5.74, 6) is 1.14. The highest BCUT2D eigenvalue weighted by molar-refractivity contribution is 5.81. The van der Waals surface area contributed by atoms with Gasteiger partial charge in [0.2, 0.25) is 0 Å². The maximum atomic E-state index is 10.4. The van der Waals surface area contributed by atoms with Crippen LogP contribution in [0.15, 0.2) is 18.3 Å². The van der Waals surface area contributed by atoms with Gasteiger partial charge in [-0.15, -0.1) is 0 Å². The highest BCUT2D eigenvalue weighted by Crippen LogP contribution is 2.40. The fourth-order valence-electron chi connectivity index (χ4n) is 2.15. The lowest BCUT2D eigenvalue weighted by Crippen LogP contribution is -1.99. The Bertz CT molecular complexity index is 585. The Hall–Kier alpha value is -1.97. The van der Waals surface area contributed by atoms with Crippen LogP contribution in [0.1, 0.15) is 30.9 Å². The number of nitrogen functional groups attached to an aromatic ring is 1. The fourth-order valence-corrected chi connectivity index (χ4v) is 2.15. The highest BCUT2D eigenvalue weighted by atomic mass is 16.3. The van der Waals surface area contributed by atoms with Gasteiger partial charge < -0.3 is 10.8 Å². The molecule has 0 unspecified atom stereocenters. The molecule has 2 aromatic rings. The van der Waals surface area contributed by atoms with Crippen LogP contribution in [-0.4, -0.2) is 14.9 Å². The van der Waals surface area contributed by atoms with E-state index in [-0.39, 0.29) is 5.92 Å². The Morgan fingerprint density at radius 2 is 2.00 bits per heavy atom. The fraction of sp³-hybridized carbons (Fsp3) is 0.357. The Kier molecular flexibility index (Phi) is 3.03. The molecule has 2 rings (SSSR count). The molecular weight excluding hydrogens is 226 g/mol. The van der Waals surface area contributed by atoms with Crippen LogP contribution in [0.4, 0.5) is 5.82 Å². The first-order chi connectivity index (χ1) is 8.43. The van der Waals surface area contributed by atoms with Gasteiger partial charge in [-0.05, 0) is 24.0 Å². The zero-order valence-electron chi connectivity index (χ0n) is 11.2. The van der Waals surface area contributed by atoms with Gasteiger partial charge in [-0.2, -0.15) is 5.10 Å². The second-order valence-electron chi connectivity index (χ2n) is 4.92. The minimum atomic E-state index is 0.266. The van der Waals surface area contributed by atoms with Crippen LogP contribution in [0, 0.1) is 6.92 Å². The lowest BCUT2D eigenvalue weighted by atomic mass is 9.93. The maximum absolute atomic E-state index is 10.4. The summed E-state index contributed by atoms with van der Waals surface area (Å²) < 4.78 is 1.61. The van der Waals surface area contributed by atoms with Gasteiger partial charge in [0.05, 0.1) is 6.20 Å². The number of nitrogens with zero attached hydrogens (tertiary/aromatic N) is 2. The summed E-state index contributed by atoms with van der Waals surface area (Å²) in [5, 5.41) is 14.6. The molecule has 0 bridgehead atoms. The van der Waals surface area contributed by atoms with Gasteiger partial charge in [-0.25, -0.2) is 0 Å². The zero-order valence-corrected chi connectivity index (χ0v) is 11.2. The Balaban J connectivity index is 2.71. The van der Waals surface area contributed by atoms with Crippen molar-refractivity contribution in [2.24, 2.45) is 7.05 Å². The summed E-state index contributed by atoms with van der Waals surface area (Å²) in [5.41, 5.74) is 9.49. The number of anilines is 1. The third-order valence-corrected chi connectivity index (χ3v) is 3.29. The molecule has 4 nitrogen and oxygen atoms in total. The molecule has 0 aliphatic carbocycles. The Labute approximate surface area is 107 Å². The lowest BCUT2D eigenvalue weighted by molar-refractivity contribution is 0.466. The molecule has 0 atom stereocenters. The largest absolute Gasteiger partial charge is 0.507 e. The first kappa shape index (κ1) is 12.5. The van der Waals surface area contributed by atoms with E-state index < -0.39 is 0 Å². The lowest BCUT2D eigenvalue weighted by Gasteiger charge is -2.14. The maximum Gasteiger partial charge on any atom is 0.129 e. The Morgan fingerprint density at radius 1 is 1.33 bits per heavy atom. The summed E-state index contributed by atoms with van der Waals surface area (Å²) in [6.07, 6.45) is 1.70. The highest BCUT2D eigenvalue weighted by Gasteiger charge is 2.18. The quantitative estimate of drug-likeness (QED) is 0.855. The van der Waals surface area contributed by atoms with E-state index in [0.29, 0.717) is 11.6 Å². The molecule has 0 aliphatic rings. The van der Waals surface area contributed by atoms with Crippen molar-refractivity contribution in [3.05, 3.63) is 29.5 Å². The minimum absolute atomic E-state index is 0.266. The van der Waals surface area contributed by atoms with Gasteiger partial charge in [0.25, 0.3) is 0 Å². The van der Waals surface area contributed by atoms with E-state index in [1.807, 2.05) is 19.1 Å². The van der Waals surface area contributed by atoms with Crippen molar-refractivity contribution in [1.29, 1.82) is 0 Å². The van der Waals surface area contributed by atoms with Gasteiger partial charge >= 0.3 is 0 Å². The summed E-state index contributed by atoms with van der Waals surface area (Å²) in [7, 11) is 1.79. The number of phenols is 1. The molecule has 1 aromatic carbocycles. The van der Waals surface area contributed by atoms with E-state index in [0.717, 1.165) is 22.3 Å². The average Bonchev–Trinajstić information content (AvgIpc) is 2.61. The molecule has 0 saturated carbocycles. The van der Waals surface area contributed by atoms with Crippen molar-refractivity contribution in [3.8, 4) is 16.9 Å². The topological polar surface area (TPSA) is 64.1 Å². The van der Waals surface area contributed by atoms with Gasteiger partial charge in [0.1, 0.15) is 11.6 Å². The molecule has 0 amide bonds. The van der Waals surface area contributed by atoms with Gasteiger partial charge in [0, 0.05) is 18.2 Å². The van der Waals surface area contributed by atoms with Crippen LogP contribution in [0.3, 0.4) is 0 Å². The smallest absolute Gasteiger partial charge is 0.129 e. The number of rotatable bonds is 2. The van der Waals surface area contributed by atoms with Crippen LogP contribution in [0.2, 0.25) is 0 Å². The number of hydrogen-bond acceptors (Lipinski definition) is 3. The van der Waals surface area contributed by atoms with Gasteiger partial charge in [0.15, 0.2) is 0 Å². The zero-order chi connectivity index (χ0) is 13.4. The molecule has 1 heterocycles. The summed E-state index contributed by atoms with van der Waals surface area (Å²) in [4.78, 5) is 0. The molecule has 0 fully saturated rings.